The minimum atomic E-state index is 0.594. The van der Waals surface area contributed by atoms with E-state index >= 15 is 0 Å². The molecule has 0 bridgehead atoms. The Morgan fingerprint density at radius 3 is 2.60 bits per heavy atom. The van der Waals surface area contributed by atoms with E-state index in [2.05, 4.69) is 16.4 Å². The third kappa shape index (κ3) is 2.45. The van der Waals surface area contributed by atoms with E-state index in [1.54, 1.807) is 7.11 Å². The number of anilines is 2. The molecule has 0 saturated heterocycles. The number of nitrogens with zero attached hydrogens (tertiary/aromatic N) is 3. The van der Waals surface area contributed by atoms with Crippen LogP contribution in [0.3, 0.4) is 0 Å². The molecule has 4 rings (SSSR count). The summed E-state index contributed by atoms with van der Waals surface area (Å²) in [5, 5.41) is 13.0. The number of fused-ring (bicyclic) bond motifs is 3. The van der Waals surface area contributed by atoms with Gasteiger partial charge >= 0.3 is 0 Å². The zero-order chi connectivity index (χ0) is 17.4. The van der Waals surface area contributed by atoms with E-state index in [9.17, 15) is 5.26 Å². The first-order valence-corrected chi connectivity index (χ1v) is 7.93. The Labute approximate surface area is 145 Å². The van der Waals surface area contributed by atoms with Gasteiger partial charge in [0.1, 0.15) is 17.6 Å². The van der Waals surface area contributed by atoms with Crippen molar-refractivity contribution in [3.8, 4) is 11.8 Å². The van der Waals surface area contributed by atoms with Crippen molar-refractivity contribution in [2.75, 3.05) is 12.4 Å². The molecule has 122 valence electrons. The Morgan fingerprint density at radius 1 is 1.12 bits per heavy atom. The number of rotatable bonds is 3. The van der Waals surface area contributed by atoms with Crippen LogP contribution in [0.2, 0.25) is 0 Å². The van der Waals surface area contributed by atoms with Crippen LogP contribution in [0.25, 0.3) is 16.7 Å². The smallest absolute Gasteiger partial charge is 0.157 e. The molecular weight excluding hydrogens is 312 g/mol. The Hall–Kier alpha value is -3.52. The van der Waals surface area contributed by atoms with Crippen molar-refractivity contribution < 1.29 is 4.74 Å². The second kappa shape index (κ2) is 5.84. The molecule has 2 aromatic heterocycles. The van der Waals surface area contributed by atoms with Crippen LogP contribution in [0.1, 0.15) is 11.1 Å². The summed E-state index contributed by atoms with van der Waals surface area (Å²) in [7, 11) is 1.65. The molecule has 25 heavy (non-hydrogen) atoms. The number of nitriles is 1. The van der Waals surface area contributed by atoms with Gasteiger partial charge in [-0.25, -0.2) is 4.98 Å². The van der Waals surface area contributed by atoms with E-state index in [4.69, 9.17) is 4.74 Å². The molecule has 2 aromatic carbocycles. The van der Waals surface area contributed by atoms with Gasteiger partial charge in [-0.1, -0.05) is 12.1 Å². The minimum absolute atomic E-state index is 0.594. The Kier molecular flexibility index (Phi) is 3.51. The SMILES string of the molecule is COc1ccc(Nc2cc(C)c(C#N)c3nc4ccccc4n23)cc1. The second-order valence-corrected chi connectivity index (χ2v) is 5.81. The molecule has 0 saturated carbocycles. The van der Waals surface area contributed by atoms with Crippen molar-refractivity contribution in [1.82, 2.24) is 9.38 Å². The van der Waals surface area contributed by atoms with Crippen molar-refractivity contribution in [2.24, 2.45) is 0 Å². The molecule has 0 aliphatic carbocycles. The van der Waals surface area contributed by atoms with Crippen molar-refractivity contribution in [1.29, 1.82) is 5.26 Å². The van der Waals surface area contributed by atoms with Gasteiger partial charge in [0.05, 0.1) is 23.7 Å². The fraction of sp³-hybridized carbons (Fsp3) is 0.100. The van der Waals surface area contributed by atoms with E-state index < -0.39 is 0 Å². The average Bonchev–Trinajstić information content (AvgIpc) is 3.02. The molecular formula is C20H16N4O. The number of nitrogens with one attached hydrogen (secondary N) is 1. The highest BCUT2D eigenvalue weighted by Gasteiger charge is 2.15. The number of hydrogen-bond acceptors (Lipinski definition) is 4. The van der Waals surface area contributed by atoms with Crippen LogP contribution < -0.4 is 10.1 Å². The highest BCUT2D eigenvalue weighted by molar-refractivity contribution is 5.85. The van der Waals surface area contributed by atoms with E-state index in [0.717, 1.165) is 33.9 Å². The third-order valence-corrected chi connectivity index (χ3v) is 4.25. The molecule has 5 nitrogen and oxygen atoms in total. The number of hydrogen-bond donors (Lipinski definition) is 1. The number of aromatic nitrogens is 2. The Balaban J connectivity index is 1.94. The van der Waals surface area contributed by atoms with Gasteiger partial charge in [0.2, 0.25) is 0 Å². The van der Waals surface area contributed by atoms with Gasteiger partial charge in [-0.2, -0.15) is 5.26 Å². The number of methoxy groups -OCH3 is 1. The van der Waals surface area contributed by atoms with Crippen LogP contribution in [0.15, 0.2) is 54.6 Å². The minimum Gasteiger partial charge on any atom is -0.497 e. The number of aryl methyl sites for hydroxylation is 1. The van der Waals surface area contributed by atoms with E-state index in [1.165, 1.54) is 0 Å². The highest BCUT2D eigenvalue weighted by Crippen LogP contribution is 2.28. The fourth-order valence-electron chi connectivity index (χ4n) is 3.01. The Morgan fingerprint density at radius 2 is 1.88 bits per heavy atom. The molecule has 0 atom stereocenters. The molecule has 0 aliphatic rings. The maximum absolute atomic E-state index is 9.54. The summed E-state index contributed by atoms with van der Waals surface area (Å²) in [5.41, 5.74) is 4.91. The lowest BCUT2D eigenvalue weighted by molar-refractivity contribution is 0.415. The first kappa shape index (κ1) is 15.0. The van der Waals surface area contributed by atoms with Crippen LogP contribution in [0.4, 0.5) is 11.5 Å². The lowest BCUT2D eigenvalue weighted by Crippen LogP contribution is -2.02. The largest absolute Gasteiger partial charge is 0.497 e. The highest BCUT2D eigenvalue weighted by atomic mass is 16.5. The lowest BCUT2D eigenvalue weighted by Gasteiger charge is -2.13. The van der Waals surface area contributed by atoms with E-state index in [-0.39, 0.29) is 0 Å². The first-order valence-electron chi connectivity index (χ1n) is 7.93. The summed E-state index contributed by atoms with van der Waals surface area (Å²) >= 11 is 0. The van der Waals surface area contributed by atoms with Crippen molar-refractivity contribution in [3.05, 3.63) is 65.7 Å². The van der Waals surface area contributed by atoms with Gasteiger partial charge in [0, 0.05) is 5.69 Å². The quantitative estimate of drug-likeness (QED) is 0.605. The van der Waals surface area contributed by atoms with Crippen molar-refractivity contribution in [2.45, 2.75) is 6.92 Å². The molecule has 0 spiro atoms. The summed E-state index contributed by atoms with van der Waals surface area (Å²) in [6.45, 7) is 1.93. The summed E-state index contributed by atoms with van der Waals surface area (Å²) in [5.74, 6) is 1.67. The van der Waals surface area contributed by atoms with Gasteiger partial charge in [0.25, 0.3) is 0 Å². The standard InChI is InChI=1S/C20H16N4O/c1-13-11-19(22-14-7-9-15(25-2)10-8-14)24-18-6-4-3-5-17(18)23-20(24)16(13)12-21/h3-11,22H,1-2H3. The summed E-state index contributed by atoms with van der Waals surface area (Å²) < 4.78 is 7.20. The topological polar surface area (TPSA) is 62.3 Å². The molecule has 0 aliphatic heterocycles. The number of pyridine rings is 1. The lowest BCUT2D eigenvalue weighted by atomic mass is 10.1. The number of benzene rings is 2. The maximum Gasteiger partial charge on any atom is 0.157 e. The predicted molar refractivity (Wildman–Crippen MR) is 98.4 cm³/mol. The summed E-state index contributed by atoms with van der Waals surface area (Å²) in [6, 6.07) is 19.9. The molecule has 0 amide bonds. The molecule has 1 N–H and O–H groups in total. The predicted octanol–water partition coefficient (Wildman–Crippen LogP) is 4.42. The zero-order valence-electron chi connectivity index (χ0n) is 13.9. The Bertz CT molecular complexity index is 1120. The van der Waals surface area contributed by atoms with Gasteiger partial charge in [-0.15, -0.1) is 0 Å². The molecule has 4 aromatic rings. The van der Waals surface area contributed by atoms with Gasteiger partial charge in [-0.3, -0.25) is 4.40 Å². The molecule has 0 radical (unpaired) electrons. The van der Waals surface area contributed by atoms with Crippen LogP contribution in [0, 0.1) is 18.3 Å². The molecule has 0 fully saturated rings. The molecule has 5 heteroatoms. The van der Waals surface area contributed by atoms with Crippen LogP contribution in [0.5, 0.6) is 5.75 Å². The average molecular weight is 328 g/mol. The number of ether oxygens (including phenoxy) is 1. The van der Waals surface area contributed by atoms with E-state index in [1.807, 2.05) is 65.9 Å². The van der Waals surface area contributed by atoms with Gasteiger partial charge in [-0.05, 0) is 55.0 Å². The molecule has 0 unspecified atom stereocenters. The fourth-order valence-corrected chi connectivity index (χ4v) is 3.01. The number of para-hydroxylation sites is 2. The van der Waals surface area contributed by atoms with Gasteiger partial charge in [0.15, 0.2) is 5.65 Å². The summed E-state index contributed by atoms with van der Waals surface area (Å²) in [6.07, 6.45) is 0. The van der Waals surface area contributed by atoms with Crippen molar-refractivity contribution in [3.63, 3.8) is 0 Å². The van der Waals surface area contributed by atoms with Crippen LogP contribution >= 0.6 is 0 Å². The van der Waals surface area contributed by atoms with Crippen LogP contribution in [-0.2, 0) is 0 Å². The zero-order valence-corrected chi connectivity index (χ0v) is 13.9. The normalized spacial score (nSPS) is 10.8. The second-order valence-electron chi connectivity index (χ2n) is 5.81. The molecule has 2 heterocycles. The van der Waals surface area contributed by atoms with E-state index in [0.29, 0.717) is 11.2 Å². The first-order chi connectivity index (χ1) is 12.2. The van der Waals surface area contributed by atoms with Crippen molar-refractivity contribution >= 4 is 28.2 Å². The van der Waals surface area contributed by atoms with Gasteiger partial charge < -0.3 is 10.1 Å². The monoisotopic (exact) mass is 328 g/mol. The van der Waals surface area contributed by atoms with Crippen LogP contribution in [-0.4, -0.2) is 16.5 Å². The maximum atomic E-state index is 9.54. The third-order valence-electron chi connectivity index (χ3n) is 4.25. The summed E-state index contributed by atoms with van der Waals surface area (Å²) in [4.78, 5) is 4.66. The number of imidazole rings is 1.